The monoisotopic (exact) mass is 235 g/mol. The van der Waals surface area contributed by atoms with E-state index in [1.807, 2.05) is 11.9 Å². The first-order valence-electron chi connectivity index (χ1n) is 3.38. The van der Waals surface area contributed by atoms with Gasteiger partial charge in [-0.2, -0.15) is 0 Å². The summed E-state index contributed by atoms with van der Waals surface area (Å²) in [6.45, 7) is 1.29. The number of halogens is 2. The van der Waals surface area contributed by atoms with Crippen LogP contribution in [0.25, 0.3) is 0 Å². The van der Waals surface area contributed by atoms with Crippen LogP contribution in [-0.2, 0) is 9.84 Å². The topological polar surface area (TPSA) is 37.4 Å². The van der Waals surface area contributed by atoms with Crippen molar-refractivity contribution in [2.75, 3.05) is 38.0 Å². The summed E-state index contributed by atoms with van der Waals surface area (Å²) in [5.74, 6) is 0.751. The van der Waals surface area contributed by atoms with Gasteiger partial charge in [0.15, 0.2) is 0 Å². The van der Waals surface area contributed by atoms with Crippen molar-refractivity contribution in [1.82, 2.24) is 4.90 Å². The van der Waals surface area contributed by atoms with Crippen molar-refractivity contribution in [3.63, 3.8) is 0 Å². The third-order valence-corrected chi connectivity index (χ3v) is 2.40. The van der Waals surface area contributed by atoms with E-state index in [0.717, 1.165) is 6.54 Å². The Bertz CT molecular complexity index is 194. The molecule has 0 saturated carbocycles. The lowest BCUT2D eigenvalue weighted by molar-refractivity contribution is 0.376. The van der Waals surface area contributed by atoms with Crippen molar-refractivity contribution in [3.05, 3.63) is 0 Å². The molecule has 0 spiro atoms. The maximum Gasteiger partial charge on any atom is 0.148 e. The molecule has 6 heteroatoms. The van der Waals surface area contributed by atoms with E-state index >= 15 is 0 Å². The molecule has 0 aliphatic heterocycles. The van der Waals surface area contributed by atoms with E-state index in [1.165, 1.54) is 6.26 Å². The first-order valence-corrected chi connectivity index (χ1v) is 5.97. The number of hydrogen-bond donors (Lipinski definition) is 0. The minimum absolute atomic E-state index is 0. The van der Waals surface area contributed by atoms with Gasteiger partial charge in [0.1, 0.15) is 9.84 Å². The molecule has 0 amide bonds. The second-order valence-corrected chi connectivity index (χ2v) is 5.26. The predicted octanol–water partition coefficient (Wildman–Crippen LogP) is 0.623. The molecule has 0 aliphatic carbocycles. The molecule has 0 saturated heterocycles. The first kappa shape index (κ1) is 15.0. The molecule has 0 aromatic rings. The highest BCUT2D eigenvalue weighted by Gasteiger charge is 2.03. The van der Waals surface area contributed by atoms with E-state index in [2.05, 4.69) is 0 Å². The molecular weight excluding hydrogens is 221 g/mol. The number of sulfone groups is 1. The quantitative estimate of drug-likeness (QED) is 0.657. The van der Waals surface area contributed by atoms with E-state index in [9.17, 15) is 8.42 Å². The molecule has 0 aromatic heterocycles. The van der Waals surface area contributed by atoms with Gasteiger partial charge in [0.2, 0.25) is 0 Å². The Labute approximate surface area is 85.4 Å². The van der Waals surface area contributed by atoms with Crippen LogP contribution in [0.2, 0.25) is 0 Å². The molecule has 3 nitrogen and oxygen atoms in total. The van der Waals surface area contributed by atoms with E-state index in [4.69, 9.17) is 11.6 Å². The fourth-order valence-electron chi connectivity index (χ4n) is 0.578. The van der Waals surface area contributed by atoms with E-state index in [1.54, 1.807) is 0 Å². The summed E-state index contributed by atoms with van der Waals surface area (Å²) < 4.78 is 21.4. The number of rotatable bonds is 5. The van der Waals surface area contributed by atoms with Gasteiger partial charge in [-0.15, -0.1) is 24.0 Å². The van der Waals surface area contributed by atoms with Crippen LogP contribution >= 0.6 is 24.0 Å². The number of alkyl halides is 1. The molecule has 0 rings (SSSR count). The van der Waals surface area contributed by atoms with Crippen LogP contribution in [0.5, 0.6) is 0 Å². The van der Waals surface area contributed by atoms with E-state index < -0.39 is 9.84 Å². The average Bonchev–Trinajstić information content (AvgIpc) is 1.83. The zero-order valence-corrected chi connectivity index (χ0v) is 9.68. The Morgan fingerprint density at radius 3 is 2.17 bits per heavy atom. The van der Waals surface area contributed by atoms with Gasteiger partial charge >= 0.3 is 0 Å². The minimum Gasteiger partial charge on any atom is -0.304 e. The lowest BCUT2D eigenvalue weighted by Crippen LogP contribution is -2.26. The van der Waals surface area contributed by atoms with Gasteiger partial charge < -0.3 is 4.90 Å². The van der Waals surface area contributed by atoms with Crippen LogP contribution in [0, 0.1) is 0 Å². The molecular formula is C6H15Cl2NO2S. The highest BCUT2D eigenvalue weighted by atomic mass is 35.5. The maximum absolute atomic E-state index is 10.7. The molecule has 0 atom stereocenters. The smallest absolute Gasteiger partial charge is 0.148 e. The fourth-order valence-corrected chi connectivity index (χ4v) is 1.51. The Balaban J connectivity index is 0. The SMILES string of the molecule is CN(CCCl)CCS(C)(=O)=O.Cl. The molecule has 0 bridgehead atoms. The van der Waals surface area contributed by atoms with Crippen molar-refractivity contribution in [1.29, 1.82) is 0 Å². The van der Waals surface area contributed by atoms with Crippen LogP contribution in [0.3, 0.4) is 0 Å². The van der Waals surface area contributed by atoms with Gasteiger partial charge in [0, 0.05) is 25.2 Å². The van der Waals surface area contributed by atoms with Crippen LogP contribution in [-0.4, -0.2) is 51.3 Å². The van der Waals surface area contributed by atoms with Crippen LogP contribution in [0.1, 0.15) is 0 Å². The Kier molecular flexibility index (Phi) is 8.68. The van der Waals surface area contributed by atoms with Crippen LogP contribution in [0.15, 0.2) is 0 Å². The lowest BCUT2D eigenvalue weighted by Gasteiger charge is -2.13. The molecule has 0 radical (unpaired) electrons. The summed E-state index contributed by atoms with van der Waals surface area (Å²) in [5.41, 5.74) is 0. The third kappa shape index (κ3) is 10.5. The molecule has 12 heavy (non-hydrogen) atoms. The average molecular weight is 236 g/mol. The van der Waals surface area contributed by atoms with E-state index in [0.29, 0.717) is 12.4 Å². The second kappa shape index (κ2) is 6.95. The van der Waals surface area contributed by atoms with Crippen molar-refractivity contribution < 1.29 is 8.42 Å². The maximum atomic E-state index is 10.7. The molecule has 0 aliphatic rings. The van der Waals surface area contributed by atoms with Gasteiger partial charge in [-0.3, -0.25) is 0 Å². The summed E-state index contributed by atoms with van der Waals surface area (Å²) in [6, 6.07) is 0. The summed E-state index contributed by atoms with van der Waals surface area (Å²) in [7, 11) is -0.968. The van der Waals surface area contributed by atoms with Gasteiger partial charge in [0.05, 0.1) is 5.75 Å². The zero-order valence-electron chi connectivity index (χ0n) is 7.29. The number of hydrogen-bond acceptors (Lipinski definition) is 3. The van der Waals surface area contributed by atoms with E-state index in [-0.39, 0.29) is 18.2 Å². The van der Waals surface area contributed by atoms with Crippen LogP contribution < -0.4 is 0 Å². The fraction of sp³-hybridized carbons (Fsp3) is 1.00. The second-order valence-electron chi connectivity index (χ2n) is 2.62. The van der Waals surface area contributed by atoms with Crippen molar-refractivity contribution in [2.24, 2.45) is 0 Å². The van der Waals surface area contributed by atoms with Gasteiger partial charge in [-0.25, -0.2) is 8.42 Å². The van der Waals surface area contributed by atoms with Gasteiger partial charge in [0.25, 0.3) is 0 Å². The van der Waals surface area contributed by atoms with Gasteiger partial charge in [-0.1, -0.05) is 0 Å². The van der Waals surface area contributed by atoms with Gasteiger partial charge in [-0.05, 0) is 7.05 Å². The molecule has 0 heterocycles. The van der Waals surface area contributed by atoms with Crippen LogP contribution in [0.4, 0.5) is 0 Å². The normalized spacial score (nSPS) is 11.3. The summed E-state index contributed by atoms with van der Waals surface area (Å²) in [5, 5.41) is 0. The standard InChI is InChI=1S/C6H14ClNO2S.ClH/c1-8(4-3-7)5-6-11(2,9)10;/h3-6H2,1-2H3;1H. The Morgan fingerprint density at radius 1 is 1.33 bits per heavy atom. The predicted molar refractivity (Wildman–Crippen MR) is 55.2 cm³/mol. The molecule has 76 valence electrons. The summed E-state index contributed by atoms with van der Waals surface area (Å²) in [6.07, 6.45) is 1.24. The zero-order chi connectivity index (χ0) is 8.91. The first-order chi connectivity index (χ1) is 4.95. The minimum atomic E-state index is -2.82. The van der Waals surface area contributed by atoms with Crippen molar-refractivity contribution in [3.8, 4) is 0 Å². The lowest BCUT2D eigenvalue weighted by atomic mass is 10.6. The van der Waals surface area contributed by atoms with Crippen molar-refractivity contribution >= 4 is 33.8 Å². The Morgan fingerprint density at radius 2 is 1.83 bits per heavy atom. The molecule has 0 unspecified atom stereocenters. The highest BCUT2D eigenvalue weighted by Crippen LogP contribution is 1.88. The Hall–Kier alpha value is 0.490. The largest absolute Gasteiger partial charge is 0.304 e. The molecule has 0 N–H and O–H groups in total. The molecule has 0 aromatic carbocycles. The molecule has 0 fully saturated rings. The summed E-state index contributed by atoms with van der Waals surface area (Å²) in [4.78, 5) is 1.90. The van der Waals surface area contributed by atoms with Crippen molar-refractivity contribution in [2.45, 2.75) is 0 Å². The summed E-state index contributed by atoms with van der Waals surface area (Å²) >= 11 is 5.46. The number of nitrogens with zero attached hydrogens (tertiary/aromatic N) is 1. The third-order valence-electron chi connectivity index (χ3n) is 1.31. The highest BCUT2D eigenvalue weighted by molar-refractivity contribution is 7.90.